The fourth-order valence-corrected chi connectivity index (χ4v) is 3.42. The lowest BCUT2D eigenvalue weighted by Gasteiger charge is -2.15. The minimum Gasteiger partial charge on any atom is -0.0843 e. The highest BCUT2D eigenvalue weighted by Gasteiger charge is 2.13. The van der Waals surface area contributed by atoms with Crippen molar-refractivity contribution in [3.05, 3.63) is 68.7 Å². The third-order valence-corrected chi connectivity index (χ3v) is 4.65. The molecule has 2 aromatic rings. The van der Waals surface area contributed by atoms with Crippen molar-refractivity contribution in [2.75, 3.05) is 0 Å². The molecule has 0 saturated carbocycles. The maximum absolute atomic E-state index is 6.14. The number of aryl methyl sites for hydroxylation is 2. The molecule has 1 atom stereocenters. The topological polar surface area (TPSA) is 0 Å². The molecule has 0 nitrogen and oxygen atoms in total. The second kappa shape index (κ2) is 6.30. The molecule has 0 bridgehead atoms. The minimum absolute atomic E-state index is 0.266. The van der Waals surface area contributed by atoms with Crippen molar-refractivity contribution in [2.45, 2.75) is 25.1 Å². The first-order valence-electron chi connectivity index (χ1n) is 6.12. The van der Waals surface area contributed by atoms with Gasteiger partial charge in [0, 0.05) is 14.9 Å². The quantitative estimate of drug-likeness (QED) is 0.566. The van der Waals surface area contributed by atoms with Crippen molar-refractivity contribution in [3.63, 3.8) is 0 Å². The maximum atomic E-state index is 6.14. The molecule has 2 rings (SSSR count). The van der Waals surface area contributed by atoms with Crippen molar-refractivity contribution < 1.29 is 0 Å². The lowest BCUT2D eigenvalue weighted by Crippen LogP contribution is -1.99. The predicted molar refractivity (Wildman–Crippen MR) is 87.8 cm³/mol. The molecule has 19 heavy (non-hydrogen) atoms. The van der Waals surface area contributed by atoms with Gasteiger partial charge in [-0.2, -0.15) is 0 Å². The summed E-state index contributed by atoms with van der Waals surface area (Å²) in [4.78, 5) is 0.266. The summed E-state index contributed by atoms with van der Waals surface area (Å²) in [5, 5.41) is 1.60. The van der Waals surface area contributed by atoms with Gasteiger partial charge in [-0.25, -0.2) is 0 Å². The molecule has 0 aromatic heterocycles. The summed E-state index contributed by atoms with van der Waals surface area (Å²) in [6, 6.07) is 12.2. The van der Waals surface area contributed by atoms with Gasteiger partial charge in [0.2, 0.25) is 0 Å². The van der Waals surface area contributed by atoms with E-state index in [9.17, 15) is 0 Å². The molecule has 0 amide bonds. The number of alkyl halides is 1. The SMILES string of the molecule is Cc1cc(C(Br)Cc2cccc(Cl)c2)c(C)cc1Cl. The molecule has 0 saturated heterocycles. The molecule has 0 fully saturated rings. The summed E-state index contributed by atoms with van der Waals surface area (Å²) < 4.78 is 0. The zero-order chi connectivity index (χ0) is 14.0. The minimum atomic E-state index is 0.266. The molecule has 1 unspecified atom stereocenters. The summed E-state index contributed by atoms with van der Waals surface area (Å²) in [5.41, 5.74) is 4.82. The molecular weight excluding hydrogens is 343 g/mol. The van der Waals surface area contributed by atoms with Crippen LogP contribution >= 0.6 is 39.1 Å². The van der Waals surface area contributed by atoms with E-state index in [1.807, 2.05) is 31.2 Å². The van der Waals surface area contributed by atoms with Gasteiger partial charge in [-0.1, -0.05) is 57.3 Å². The number of halogens is 3. The van der Waals surface area contributed by atoms with Crippen LogP contribution in [0.15, 0.2) is 36.4 Å². The Hall–Kier alpha value is -0.500. The zero-order valence-electron chi connectivity index (χ0n) is 10.9. The van der Waals surface area contributed by atoms with Gasteiger partial charge in [0.15, 0.2) is 0 Å². The van der Waals surface area contributed by atoms with Crippen molar-refractivity contribution in [2.24, 2.45) is 0 Å². The van der Waals surface area contributed by atoms with Gasteiger partial charge in [0.05, 0.1) is 0 Å². The van der Waals surface area contributed by atoms with E-state index < -0.39 is 0 Å². The molecule has 0 aliphatic heterocycles. The van der Waals surface area contributed by atoms with Crippen LogP contribution < -0.4 is 0 Å². The summed E-state index contributed by atoms with van der Waals surface area (Å²) in [6.07, 6.45) is 0.905. The van der Waals surface area contributed by atoms with Crippen molar-refractivity contribution in [1.82, 2.24) is 0 Å². The van der Waals surface area contributed by atoms with Crippen molar-refractivity contribution in [3.8, 4) is 0 Å². The number of hydrogen-bond acceptors (Lipinski definition) is 0. The van der Waals surface area contributed by atoms with Gasteiger partial charge in [-0.15, -0.1) is 0 Å². The van der Waals surface area contributed by atoms with Crippen LogP contribution in [0.2, 0.25) is 10.0 Å². The smallest absolute Gasteiger partial charge is 0.0438 e. The number of hydrogen-bond donors (Lipinski definition) is 0. The Morgan fingerprint density at radius 3 is 2.47 bits per heavy atom. The first-order valence-corrected chi connectivity index (χ1v) is 7.79. The standard InChI is InChI=1S/C16H15BrCl2/c1-10-7-16(19)11(2)6-14(10)15(17)9-12-4-3-5-13(18)8-12/h3-8,15H,9H2,1-2H3. The van der Waals surface area contributed by atoms with E-state index in [0.29, 0.717) is 0 Å². The summed E-state index contributed by atoms with van der Waals surface area (Å²) in [7, 11) is 0. The van der Waals surface area contributed by atoms with Crippen LogP contribution in [-0.2, 0) is 6.42 Å². The van der Waals surface area contributed by atoms with Crippen LogP contribution in [0, 0.1) is 13.8 Å². The van der Waals surface area contributed by atoms with Gasteiger partial charge < -0.3 is 0 Å². The van der Waals surface area contributed by atoms with E-state index in [1.165, 1.54) is 16.7 Å². The van der Waals surface area contributed by atoms with E-state index in [-0.39, 0.29) is 4.83 Å². The highest BCUT2D eigenvalue weighted by Crippen LogP contribution is 2.32. The van der Waals surface area contributed by atoms with Gasteiger partial charge in [0.25, 0.3) is 0 Å². The van der Waals surface area contributed by atoms with Crippen LogP contribution in [0.5, 0.6) is 0 Å². The number of benzene rings is 2. The van der Waals surface area contributed by atoms with Crippen molar-refractivity contribution >= 4 is 39.1 Å². The molecular formula is C16H15BrCl2. The Bertz CT molecular complexity index is 593. The van der Waals surface area contributed by atoms with E-state index >= 15 is 0 Å². The molecule has 0 radical (unpaired) electrons. The first-order chi connectivity index (χ1) is 8.97. The van der Waals surface area contributed by atoms with E-state index in [1.54, 1.807) is 0 Å². The number of rotatable bonds is 3. The lowest BCUT2D eigenvalue weighted by molar-refractivity contribution is 0.936. The second-order valence-electron chi connectivity index (χ2n) is 4.76. The zero-order valence-corrected chi connectivity index (χ0v) is 14.0. The van der Waals surface area contributed by atoms with E-state index in [2.05, 4.69) is 35.0 Å². The Morgan fingerprint density at radius 2 is 1.79 bits per heavy atom. The fraction of sp³-hybridized carbons (Fsp3) is 0.250. The lowest BCUT2D eigenvalue weighted by atomic mass is 9.98. The van der Waals surface area contributed by atoms with Crippen LogP contribution in [0.25, 0.3) is 0 Å². The van der Waals surface area contributed by atoms with Crippen LogP contribution in [-0.4, -0.2) is 0 Å². The fourth-order valence-electron chi connectivity index (χ4n) is 2.12. The molecule has 0 aliphatic rings. The molecule has 100 valence electrons. The Morgan fingerprint density at radius 1 is 1.05 bits per heavy atom. The van der Waals surface area contributed by atoms with Gasteiger partial charge in [-0.05, 0) is 60.7 Å². The van der Waals surface area contributed by atoms with Gasteiger partial charge in [-0.3, -0.25) is 0 Å². The third-order valence-electron chi connectivity index (χ3n) is 3.19. The largest absolute Gasteiger partial charge is 0.0843 e. The highest BCUT2D eigenvalue weighted by molar-refractivity contribution is 9.09. The van der Waals surface area contributed by atoms with E-state index in [4.69, 9.17) is 23.2 Å². The van der Waals surface area contributed by atoms with Crippen molar-refractivity contribution in [1.29, 1.82) is 0 Å². The summed E-state index contributed by atoms with van der Waals surface area (Å²) in [6.45, 7) is 4.12. The predicted octanol–water partition coefficient (Wildman–Crippen LogP) is 6.29. The Balaban J connectivity index is 2.25. The molecule has 0 N–H and O–H groups in total. The van der Waals surface area contributed by atoms with Crippen LogP contribution in [0.1, 0.15) is 27.1 Å². The third kappa shape index (κ3) is 3.75. The molecule has 2 aromatic carbocycles. The van der Waals surface area contributed by atoms with Gasteiger partial charge >= 0.3 is 0 Å². The monoisotopic (exact) mass is 356 g/mol. The Kier molecular flexibility index (Phi) is 4.94. The van der Waals surface area contributed by atoms with Gasteiger partial charge in [0.1, 0.15) is 0 Å². The Labute approximate surface area is 132 Å². The highest BCUT2D eigenvalue weighted by atomic mass is 79.9. The summed E-state index contributed by atoms with van der Waals surface area (Å²) in [5.74, 6) is 0. The van der Waals surface area contributed by atoms with E-state index in [0.717, 1.165) is 22.0 Å². The van der Waals surface area contributed by atoms with Crippen LogP contribution in [0.3, 0.4) is 0 Å². The maximum Gasteiger partial charge on any atom is 0.0438 e. The summed E-state index contributed by atoms with van der Waals surface area (Å²) >= 11 is 15.9. The average molecular weight is 358 g/mol. The molecule has 3 heteroatoms. The second-order valence-corrected chi connectivity index (χ2v) is 6.71. The average Bonchev–Trinajstić information content (AvgIpc) is 2.33. The van der Waals surface area contributed by atoms with Crippen LogP contribution in [0.4, 0.5) is 0 Å². The molecule has 0 aliphatic carbocycles. The first kappa shape index (κ1) is 14.9. The normalized spacial score (nSPS) is 12.5. The molecule has 0 heterocycles. The molecule has 0 spiro atoms.